The van der Waals surface area contributed by atoms with Gasteiger partial charge in [-0.2, -0.15) is 0 Å². The van der Waals surface area contributed by atoms with Crippen molar-refractivity contribution >= 4 is 0 Å². The van der Waals surface area contributed by atoms with Crippen LogP contribution in [0.15, 0.2) is 0 Å². The molecule has 0 saturated heterocycles. The van der Waals surface area contributed by atoms with Crippen LogP contribution in [0.5, 0.6) is 0 Å². The van der Waals surface area contributed by atoms with Gasteiger partial charge >= 0.3 is 0 Å². The summed E-state index contributed by atoms with van der Waals surface area (Å²) >= 11 is 0. The monoisotopic (exact) mass is 226 g/mol. The van der Waals surface area contributed by atoms with E-state index < -0.39 is 0 Å². The molecule has 0 heteroatoms. The Morgan fingerprint density at radius 1 is 0.562 bits per heavy atom. The first-order valence-corrected chi connectivity index (χ1v) is 7.58. The Kier molecular flexibility index (Phi) is 9.07. The molecule has 0 aliphatic heterocycles. The van der Waals surface area contributed by atoms with Crippen molar-refractivity contribution in [3.63, 3.8) is 0 Å². The van der Waals surface area contributed by atoms with Gasteiger partial charge in [0.2, 0.25) is 0 Å². The normalized spacial score (nSPS) is 19.1. The third-order valence-corrected chi connectivity index (χ3v) is 4.20. The van der Waals surface area contributed by atoms with Gasteiger partial charge < -0.3 is 0 Å². The van der Waals surface area contributed by atoms with Gasteiger partial charge in [0.15, 0.2) is 0 Å². The largest absolute Gasteiger partial charge is 0.0654 e. The van der Waals surface area contributed by atoms with Crippen LogP contribution in [0.3, 0.4) is 0 Å². The van der Waals surface area contributed by atoms with E-state index >= 15 is 0 Å². The molecule has 0 aromatic rings. The van der Waals surface area contributed by atoms with E-state index in [-0.39, 0.29) is 0 Å². The zero-order valence-electron chi connectivity index (χ0n) is 12.6. The summed E-state index contributed by atoms with van der Waals surface area (Å²) in [5, 5.41) is 0. The highest BCUT2D eigenvalue weighted by Crippen LogP contribution is 2.35. The van der Waals surface area contributed by atoms with Crippen LogP contribution < -0.4 is 0 Å². The summed E-state index contributed by atoms with van der Waals surface area (Å²) in [5.74, 6) is 3.68. The van der Waals surface area contributed by atoms with Crippen LogP contribution in [-0.4, -0.2) is 0 Å². The first kappa shape index (κ1) is 16.0. The molecule has 0 bridgehead atoms. The fourth-order valence-electron chi connectivity index (χ4n) is 3.63. The molecule has 0 rings (SSSR count). The van der Waals surface area contributed by atoms with Crippen molar-refractivity contribution in [1.29, 1.82) is 0 Å². The van der Waals surface area contributed by atoms with E-state index in [1.807, 2.05) is 0 Å². The van der Waals surface area contributed by atoms with Gasteiger partial charge in [-0.1, -0.05) is 80.1 Å². The highest BCUT2D eigenvalue weighted by molar-refractivity contribution is 4.76. The topological polar surface area (TPSA) is 0 Å². The molecule has 0 nitrogen and oxygen atoms in total. The lowest BCUT2D eigenvalue weighted by Gasteiger charge is -2.34. The van der Waals surface area contributed by atoms with Crippen LogP contribution in [0.4, 0.5) is 0 Å². The zero-order valence-corrected chi connectivity index (χ0v) is 12.6. The molecule has 0 radical (unpaired) electrons. The molecule has 0 aromatic carbocycles. The summed E-state index contributed by atoms with van der Waals surface area (Å²) in [6.07, 6.45) is 8.26. The minimum Gasteiger partial charge on any atom is -0.0654 e. The second-order valence-electron chi connectivity index (χ2n) is 5.88. The molecule has 0 aliphatic rings. The molecule has 3 unspecified atom stereocenters. The molecule has 0 aliphatic carbocycles. The third-order valence-electron chi connectivity index (χ3n) is 4.20. The van der Waals surface area contributed by atoms with Crippen LogP contribution in [-0.2, 0) is 0 Å². The fourth-order valence-corrected chi connectivity index (χ4v) is 3.63. The molecule has 3 atom stereocenters. The standard InChI is InChI=1S/C16H34/c1-7-10-13(4)16(14(5)11-8-2)15(6)12-9-3/h13-16H,7-12H2,1-6H3. The van der Waals surface area contributed by atoms with Crippen LogP contribution in [0.1, 0.15) is 80.1 Å². The Hall–Kier alpha value is 0. The van der Waals surface area contributed by atoms with E-state index in [4.69, 9.17) is 0 Å². The predicted molar refractivity (Wildman–Crippen MR) is 75.7 cm³/mol. The van der Waals surface area contributed by atoms with E-state index in [0.29, 0.717) is 0 Å². The van der Waals surface area contributed by atoms with Crippen molar-refractivity contribution in [2.24, 2.45) is 23.7 Å². The molecule has 0 amide bonds. The van der Waals surface area contributed by atoms with Gasteiger partial charge in [-0.15, -0.1) is 0 Å². The smallest absolute Gasteiger partial charge is 0.0337 e. The van der Waals surface area contributed by atoms with Crippen LogP contribution >= 0.6 is 0 Å². The molecular weight excluding hydrogens is 192 g/mol. The van der Waals surface area contributed by atoms with E-state index in [9.17, 15) is 0 Å². The maximum atomic E-state index is 2.48. The lowest BCUT2D eigenvalue weighted by molar-refractivity contribution is 0.151. The van der Waals surface area contributed by atoms with Gasteiger partial charge in [0, 0.05) is 0 Å². The van der Waals surface area contributed by atoms with E-state index in [0.717, 1.165) is 23.7 Å². The maximum absolute atomic E-state index is 2.48. The SMILES string of the molecule is CCCC(C)C(C(C)CCC)C(C)CCC. The minimum atomic E-state index is 0.910. The highest BCUT2D eigenvalue weighted by atomic mass is 14.3. The minimum absolute atomic E-state index is 0.910. The molecule has 0 N–H and O–H groups in total. The second-order valence-corrected chi connectivity index (χ2v) is 5.88. The summed E-state index contributed by atoms with van der Waals surface area (Å²) in [7, 11) is 0. The second kappa shape index (κ2) is 9.07. The Bertz CT molecular complexity index is 122. The molecular formula is C16H34. The summed E-state index contributed by atoms with van der Waals surface area (Å²) in [4.78, 5) is 0. The van der Waals surface area contributed by atoms with Gasteiger partial charge in [0.25, 0.3) is 0 Å². The lowest BCUT2D eigenvalue weighted by atomic mass is 9.71. The first-order valence-electron chi connectivity index (χ1n) is 7.58. The number of hydrogen-bond donors (Lipinski definition) is 0. The summed E-state index contributed by atoms with van der Waals surface area (Å²) in [5.41, 5.74) is 0. The van der Waals surface area contributed by atoms with Gasteiger partial charge in [-0.25, -0.2) is 0 Å². The average Bonchev–Trinajstić information content (AvgIpc) is 2.19. The molecule has 0 fully saturated rings. The van der Waals surface area contributed by atoms with Gasteiger partial charge in [0.05, 0.1) is 0 Å². The van der Waals surface area contributed by atoms with Gasteiger partial charge in [-0.05, 0) is 23.7 Å². The molecule has 98 valence electrons. The van der Waals surface area contributed by atoms with E-state index in [1.165, 1.54) is 38.5 Å². The van der Waals surface area contributed by atoms with E-state index in [1.54, 1.807) is 0 Å². The predicted octanol–water partition coefficient (Wildman–Crippen LogP) is 5.91. The quantitative estimate of drug-likeness (QED) is 0.458. The van der Waals surface area contributed by atoms with Crippen LogP contribution in [0.2, 0.25) is 0 Å². The Morgan fingerprint density at radius 3 is 1.00 bits per heavy atom. The highest BCUT2D eigenvalue weighted by Gasteiger charge is 2.27. The molecule has 0 spiro atoms. The Morgan fingerprint density at radius 2 is 0.812 bits per heavy atom. The Balaban J connectivity index is 4.47. The zero-order chi connectivity index (χ0) is 12.6. The summed E-state index contributed by atoms with van der Waals surface area (Å²) in [6, 6.07) is 0. The summed E-state index contributed by atoms with van der Waals surface area (Å²) < 4.78 is 0. The van der Waals surface area contributed by atoms with Crippen LogP contribution in [0, 0.1) is 23.7 Å². The number of rotatable bonds is 9. The number of hydrogen-bond acceptors (Lipinski definition) is 0. The van der Waals surface area contributed by atoms with Crippen molar-refractivity contribution in [3.8, 4) is 0 Å². The third kappa shape index (κ3) is 5.37. The Labute approximate surface area is 104 Å². The molecule has 16 heavy (non-hydrogen) atoms. The maximum Gasteiger partial charge on any atom is -0.0337 e. The fraction of sp³-hybridized carbons (Fsp3) is 1.00. The molecule has 0 saturated carbocycles. The molecule has 0 aromatic heterocycles. The summed E-state index contributed by atoms with van der Waals surface area (Å²) in [6.45, 7) is 14.4. The van der Waals surface area contributed by atoms with Crippen molar-refractivity contribution in [2.75, 3.05) is 0 Å². The van der Waals surface area contributed by atoms with E-state index in [2.05, 4.69) is 41.5 Å². The van der Waals surface area contributed by atoms with Crippen molar-refractivity contribution in [3.05, 3.63) is 0 Å². The van der Waals surface area contributed by atoms with Gasteiger partial charge in [-0.3, -0.25) is 0 Å². The molecule has 0 heterocycles. The first-order chi connectivity index (χ1) is 7.58. The van der Waals surface area contributed by atoms with Crippen molar-refractivity contribution in [2.45, 2.75) is 80.1 Å². The van der Waals surface area contributed by atoms with Crippen molar-refractivity contribution in [1.82, 2.24) is 0 Å². The lowest BCUT2D eigenvalue weighted by Crippen LogP contribution is -2.26. The van der Waals surface area contributed by atoms with Crippen molar-refractivity contribution < 1.29 is 0 Å². The van der Waals surface area contributed by atoms with Gasteiger partial charge in [0.1, 0.15) is 0 Å². The average molecular weight is 226 g/mol. The van der Waals surface area contributed by atoms with Crippen LogP contribution in [0.25, 0.3) is 0 Å².